The standard InChI is InChI=1S/C38H59NO5Si/c1-8-10-11-12-13-14-15-22-28-41-36-34(39-33(30-23-18-16-19-24-30)31-25-20-17-21-26-31)37(42-27-9-2)44-32(35(36)40)29-43-45(6,7)38(3,4)5/h9,16-21,23-27,32,34-37,40H,8,10-15,22,28-29H2,1-7H3/b27-9-/t32-,34-,35?,36-,37+/m1/s1. The Morgan fingerprint density at radius 3 is 1.98 bits per heavy atom. The van der Waals surface area contributed by atoms with E-state index in [-0.39, 0.29) is 11.6 Å². The molecule has 1 saturated heterocycles. The number of benzene rings is 2. The molecule has 1 aliphatic heterocycles. The quantitative estimate of drug-likeness (QED) is 0.0764. The van der Waals surface area contributed by atoms with E-state index in [1.54, 1.807) is 6.26 Å². The van der Waals surface area contributed by atoms with Gasteiger partial charge in [0.1, 0.15) is 24.4 Å². The molecule has 0 bridgehead atoms. The third kappa shape index (κ3) is 11.5. The number of hydrogen-bond acceptors (Lipinski definition) is 6. The number of ether oxygens (including phenoxy) is 3. The first-order chi connectivity index (χ1) is 21.6. The van der Waals surface area contributed by atoms with E-state index in [9.17, 15) is 5.11 Å². The van der Waals surface area contributed by atoms with E-state index in [0.717, 1.165) is 29.7 Å². The van der Waals surface area contributed by atoms with E-state index in [4.69, 9.17) is 23.6 Å². The Labute approximate surface area is 274 Å². The van der Waals surface area contributed by atoms with E-state index in [2.05, 4.69) is 65.1 Å². The molecule has 0 saturated carbocycles. The van der Waals surface area contributed by atoms with Crippen LogP contribution in [0.3, 0.4) is 0 Å². The number of allylic oxidation sites excluding steroid dienone is 1. The second kappa shape index (κ2) is 18.8. The van der Waals surface area contributed by atoms with Crippen molar-refractivity contribution in [3.63, 3.8) is 0 Å². The highest BCUT2D eigenvalue weighted by molar-refractivity contribution is 6.74. The van der Waals surface area contributed by atoms with E-state index in [1.165, 1.54) is 38.5 Å². The van der Waals surface area contributed by atoms with E-state index in [0.29, 0.717) is 6.61 Å². The van der Waals surface area contributed by atoms with Crippen molar-refractivity contribution in [2.45, 2.75) is 135 Å². The maximum Gasteiger partial charge on any atom is 0.224 e. The molecule has 5 atom stereocenters. The van der Waals surface area contributed by atoms with Crippen molar-refractivity contribution in [2.24, 2.45) is 4.99 Å². The summed E-state index contributed by atoms with van der Waals surface area (Å²) in [7, 11) is -2.09. The minimum absolute atomic E-state index is 0.0347. The summed E-state index contributed by atoms with van der Waals surface area (Å²) < 4.78 is 25.8. The molecular weight excluding hydrogens is 579 g/mol. The van der Waals surface area contributed by atoms with E-state index >= 15 is 0 Å². The Balaban J connectivity index is 1.91. The molecule has 7 heteroatoms. The van der Waals surface area contributed by atoms with Gasteiger partial charge in [-0.05, 0) is 31.5 Å². The van der Waals surface area contributed by atoms with Gasteiger partial charge in [0.15, 0.2) is 8.32 Å². The zero-order valence-corrected chi connectivity index (χ0v) is 29.9. The maximum absolute atomic E-state index is 11.9. The second-order valence-corrected chi connectivity index (χ2v) is 18.5. The molecule has 250 valence electrons. The van der Waals surface area contributed by atoms with Crippen LogP contribution >= 0.6 is 0 Å². The molecule has 2 aromatic carbocycles. The molecule has 0 amide bonds. The molecule has 0 aromatic heterocycles. The molecular formula is C38H59NO5Si. The van der Waals surface area contributed by atoms with Crippen molar-refractivity contribution >= 4 is 14.0 Å². The minimum Gasteiger partial charge on any atom is -0.470 e. The van der Waals surface area contributed by atoms with Gasteiger partial charge in [-0.3, -0.25) is 4.99 Å². The zero-order valence-electron chi connectivity index (χ0n) is 28.9. The SMILES string of the molecule is C/C=C\O[C@H]1O[C@H](CO[Si](C)(C)C(C)(C)C)C(O)[C@H](OCCCCCCCCCC)[C@H]1N=C(c1ccccc1)c1ccccc1. The van der Waals surface area contributed by atoms with Crippen LogP contribution in [0.1, 0.15) is 97.1 Å². The molecule has 0 aliphatic carbocycles. The third-order valence-corrected chi connectivity index (χ3v) is 13.6. The van der Waals surface area contributed by atoms with Crippen LogP contribution in [0.25, 0.3) is 0 Å². The first kappa shape index (κ1) is 37.2. The average Bonchev–Trinajstić information content (AvgIpc) is 3.03. The van der Waals surface area contributed by atoms with Crippen molar-refractivity contribution in [3.8, 4) is 0 Å². The molecule has 0 radical (unpaired) electrons. The fourth-order valence-electron chi connectivity index (χ4n) is 5.26. The first-order valence-corrected chi connectivity index (χ1v) is 20.0. The van der Waals surface area contributed by atoms with Gasteiger partial charge in [0.2, 0.25) is 6.29 Å². The van der Waals surface area contributed by atoms with Crippen molar-refractivity contribution in [3.05, 3.63) is 84.1 Å². The number of rotatable bonds is 18. The van der Waals surface area contributed by atoms with Gasteiger partial charge in [0.25, 0.3) is 0 Å². The Bertz CT molecular complexity index is 1110. The average molecular weight is 638 g/mol. The number of aliphatic hydroxyl groups excluding tert-OH is 1. The molecule has 0 spiro atoms. The normalized spacial score (nSPS) is 22.4. The smallest absolute Gasteiger partial charge is 0.224 e. The van der Waals surface area contributed by atoms with Crippen LogP contribution in [0.5, 0.6) is 0 Å². The Kier molecular flexibility index (Phi) is 15.5. The van der Waals surface area contributed by atoms with Gasteiger partial charge in [-0.25, -0.2) is 0 Å². The molecule has 1 N–H and O–H groups in total. The van der Waals surface area contributed by atoms with Gasteiger partial charge in [-0.15, -0.1) is 0 Å². The lowest BCUT2D eigenvalue weighted by Gasteiger charge is -2.44. The fourth-order valence-corrected chi connectivity index (χ4v) is 6.27. The van der Waals surface area contributed by atoms with Crippen molar-refractivity contribution < 1.29 is 23.7 Å². The third-order valence-electron chi connectivity index (χ3n) is 9.09. The molecule has 3 rings (SSSR count). The van der Waals surface area contributed by atoms with Gasteiger partial charge in [-0.1, -0.05) is 139 Å². The summed E-state index contributed by atoms with van der Waals surface area (Å²) >= 11 is 0. The molecule has 2 aromatic rings. The fraction of sp³-hybridized carbons (Fsp3) is 0.605. The lowest BCUT2D eigenvalue weighted by Crippen LogP contribution is -2.60. The Morgan fingerprint density at radius 2 is 1.44 bits per heavy atom. The second-order valence-electron chi connectivity index (χ2n) is 13.7. The van der Waals surface area contributed by atoms with Crippen LogP contribution < -0.4 is 0 Å². The zero-order chi connectivity index (χ0) is 32.7. The molecule has 1 fully saturated rings. The molecule has 1 aliphatic rings. The Morgan fingerprint density at radius 1 is 0.889 bits per heavy atom. The molecule has 45 heavy (non-hydrogen) atoms. The monoisotopic (exact) mass is 637 g/mol. The minimum atomic E-state index is -2.09. The first-order valence-electron chi connectivity index (χ1n) is 17.1. The summed E-state index contributed by atoms with van der Waals surface area (Å²) in [5.74, 6) is 0. The lowest BCUT2D eigenvalue weighted by atomic mass is 9.95. The van der Waals surface area contributed by atoms with Crippen LogP contribution in [0.4, 0.5) is 0 Å². The van der Waals surface area contributed by atoms with Crippen LogP contribution in [0.15, 0.2) is 78.0 Å². The number of nitrogens with zero attached hydrogens (tertiary/aromatic N) is 1. The van der Waals surface area contributed by atoms with Crippen molar-refractivity contribution in [2.75, 3.05) is 13.2 Å². The van der Waals surface area contributed by atoms with Crippen LogP contribution in [0.2, 0.25) is 18.1 Å². The van der Waals surface area contributed by atoms with Gasteiger partial charge >= 0.3 is 0 Å². The van der Waals surface area contributed by atoms with E-state index in [1.807, 2.05) is 49.4 Å². The number of aliphatic hydroxyl groups is 1. The van der Waals surface area contributed by atoms with Crippen LogP contribution in [0, 0.1) is 0 Å². The van der Waals surface area contributed by atoms with Gasteiger partial charge in [0, 0.05) is 17.7 Å². The lowest BCUT2D eigenvalue weighted by molar-refractivity contribution is -0.257. The summed E-state index contributed by atoms with van der Waals surface area (Å²) in [6.45, 7) is 16.0. The summed E-state index contributed by atoms with van der Waals surface area (Å²) in [5.41, 5.74) is 2.77. The van der Waals surface area contributed by atoms with Crippen LogP contribution in [-0.4, -0.2) is 63.0 Å². The highest BCUT2D eigenvalue weighted by atomic mass is 28.4. The number of hydrogen-bond donors (Lipinski definition) is 1. The largest absolute Gasteiger partial charge is 0.470 e. The number of aliphatic imine (C=N–C) groups is 1. The highest BCUT2D eigenvalue weighted by Crippen LogP contribution is 2.37. The molecule has 6 nitrogen and oxygen atoms in total. The number of unbranched alkanes of at least 4 members (excludes halogenated alkanes) is 7. The summed E-state index contributed by atoms with van der Waals surface area (Å²) in [6, 6.07) is 19.7. The van der Waals surface area contributed by atoms with Crippen molar-refractivity contribution in [1.82, 2.24) is 0 Å². The van der Waals surface area contributed by atoms with Crippen LogP contribution in [-0.2, 0) is 18.6 Å². The molecule has 1 heterocycles. The predicted molar refractivity (Wildman–Crippen MR) is 188 cm³/mol. The van der Waals surface area contributed by atoms with Crippen molar-refractivity contribution in [1.29, 1.82) is 0 Å². The maximum atomic E-state index is 11.9. The summed E-state index contributed by atoms with van der Waals surface area (Å²) in [5, 5.41) is 11.9. The highest BCUT2D eigenvalue weighted by Gasteiger charge is 2.48. The topological polar surface area (TPSA) is 69.5 Å². The molecule has 1 unspecified atom stereocenters. The van der Waals surface area contributed by atoms with Gasteiger partial charge < -0.3 is 23.7 Å². The summed E-state index contributed by atoms with van der Waals surface area (Å²) in [6.07, 6.45) is 10.2. The summed E-state index contributed by atoms with van der Waals surface area (Å²) in [4.78, 5) is 5.30. The van der Waals surface area contributed by atoms with E-state index < -0.39 is 39.0 Å². The van der Waals surface area contributed by atoms with Gasteiger partial charge in [0.05, 0.1) is 18.6 Å². The van der Waals surface area contributed by atoms with Gasteiger partial charge in [-0.2, -0.15) is 0 Å². The Hall–Kier alpha value is -2.29. The predicted octanol–water partition coefficient (Wildman–Crippen LogP) is 9.08.